The molecule has 0 spiro atoms. The van der Waals surface area contributed by atoms with Gasteiger partial charge in [0.05, 0.1) is 0 Å². The molecule has 0 aliphatic heterocycles. The summed E-state index contributed by atoms with van der Waals surface area (Å²) in [6.07, 6.45) is 2.87. The van der Waals surface area contributed by atoms with Gasteiger partial charge in [-0.1, -0.05) is 35.4 Å². The Hall–Kier alpha value is -0.930. The van der Waals surface area contributed by atoms with Crippen molar-refractivity contribution in [2.75, 3.05) is 0 Å². The number of carbonyl (C=O) groups is 1. The van der Waals surface area contributed by atoms with Gasteiger partial charge in [-0.15, -0.1) is 13.2 Å². The van der Waals surface area contributed by atoms with Crippen LogP contribution in [-0.4, -0.2) is 16.4 Å². The maximum absolute atomic E-state index is 8.56. The lowest BCUT2D eigenvalue weighted by atomic mass is 10.3. The van der Waals surface area contributed by atoms with Crippen molar-refractivity contribution >= 4 is 29.4 Å². The smallest absolute Gasteiger partial charge is 0.450 e. The lowest BCUT2D eigenvalue weighted by Gasteiger charge is -1.95. The molecule has 14 heavy (non-hydrogen) atoms. The van der Waals surface area contributed by atoms with Crippen LogP contribution >= 0.6 is 23.2 Å². The van der Waals surface area contributed by atoms with E-state index in [2.05, 4.69) is 13.2 Å². The highest BCUT2D eigenvalue weighted by atomic mass is 35.5. The first kappa shape index (κ1) is 15.5. The molecule has 0 aliphatic rings. The summed E-state index contributed by atoms with van der Waals surface area (Å²) in [5.74, 6) is 0. The van der Waals surface area contributed by atoms with Gasteiger partial charge < -0.3 is 10.2 Å². The first-order chi connectivity index (χ1) is 6.45. The van der Waals surface area contributed by atoms with Gasteiger partial charge in [0.25, 0.3) is 0 Å². The van der Waals surface area contributed by atoms with Crippen molar-refractivity contribution in [3.8, 4) is 0 Å². The van der Waals surface area contributed by atoms with Crippen LogP contribution in [0.5, 0.6) is 0 Å². The second kappa shape index (κ2) is 10.2. The van der Waals surface area contributed by atoms with Crippen molar-refractivity contribution in [2.45, 2.75) is 12.8 Å². The Morgan fingerprint density at radius 1 is 1.07 bits per heavy atom. The average Bonchev–Trinajstić information content (AvgIpc) is 2.04. The standard InChI is InChI=1S/C8H10Cl2.CH2O3/c1-3-5-7(9)8(10)6-4-2;2-1(3)4/h3-4H,1-2,5-6H2;(H2,2,3,4). The second-order valence-electron chi connectivity index (χ2n) is 2.08. The Labute approximate surface area is 93.0 Å². The van der Waals surface area contributed by atoms with Gasteiger partial charge in [0.15, 0.2) is 0 Å². The molecule has 3 nitrogen and oxygen atoms in total. The lowest BCUT2D eigenvalue weighted by molar-refractivity contribution is 0.137. The number of halogens is 2. The highest BCUT2D eigenvalue weighted by molar-refractivity contribution is 6.39. The van der Waals surface area contributed by atoms with Gasteiger partial charge in [0, 0.05) is 22.9 Å². The molecule has 0 saturated heterocycles. The largest absolute Gasteiger partial charge is 0.503 e. The van der Waals surface area contributed by atoms with Crippen LogP contribution in [0, 0.1) is 0 Å². The van der Waals surface area contributed by atoms with E-state index in [4.69, 9.17) is 38.2 Å². The zero-order chi connectivity index (χ0) is 11.6. The van der Waals surface area contributed by atoms with Crippen molar-refractivity contribution in [3.63, 3.8) is 0 Å². The van der Waals surface area contributed by atoms with Crippen LogP contribution < -0.4 is 0 Å². The molecule has 0 aromatic carbocycles. The zero-order valence-corrected chi connectivity index (χ0v) is 9.05. The molecule has 0 radical (unpaired) electrons. The van der Waals surface area contributed by atoms with E-state index in [1.807, 2.05) is 0 Å². The Kier molecular flexibility index (Phi) is 11.3. The minimum atomic E-state index is -1.83. The summed E-state index contributed by atoms with van der Waals surface area (Å²) in [5, 5.41) is 15.2. The van der Waals surface area contributed by atoms with E-state index in [9.17, 15) is 0 Å². The van der Waals surface area contributed by atoms with Crippen molar-refractivity contribution < 1.29 is 15.0 Å². The zero-order valence-electron chi connectivity index (χ0n) is 7.54. The van der Waals surface area contributed by atoms with E-state index in [0.29, 0.717) is 22.9 Å². The molecule has 0 aliphatic carbocycles. The predicted molar refractivity (Wildman–Crippen MR) is 59.0 cm³/mol. The summed E-state index contributed by atoms with van der Waals surface area (Å²) >= 11 is 11.5. The number of rotatable bonds is 4. The van der Waals surface area contributed by atoms with E-state index in [1.165, 1.54) is 0 Å². The molecule has 0 heterocycles. The normalized spacial score (nSPS) is 10.4. The van der Waals surface area contributed by atoms with E-state index >= 15 is 0 Å². The number of allylic oxidation sites excluding steroid dienone is 4. The lowest BCUT2D eigenvalue weighted by Crippen LogP contribution is -1.81. The maximum Gasteiger partial charge on any atom is 0.503 e. The molecule has 0 aromatic rings. The highest BCUT2D eigenvalue weighted by Gasteiger charge is 1.96. The Morgan fingerprint density at radius 2 is 1.29 bits per heavy atom. The highest BCUT2D eigenvalue weighted by Crippen LogP contribution is 2.20. The van der Waals surface area contributed by atoms with E-state index in [1.54, 1.807) is 12.2 Å². The summed E-state index contributed by atoms with van der Waals surface area (Å²) in [5.41, 5.74) is 0. The molecule has 2 N–H and O–H groups in total. The maximum atomic E-state index is 8.56. The Bertz CT molecular complexity index is 212. The average molecular weight is 239 g/mol. The summed E-state index contributed by atoms with van der Waals surface area (Å²) in [6, 6.07) is 0. The summed E-state index contributed by atoms with van der Waals surface area (Å²) in [6.45, 7) is 7.08. The van der Waals surface area contributed by atoms with Gasteiger partial charge in [0.2, 0.25) is 0 Å². The van der Waals surface area contributed by atoms with E-state index < -0.39 is 6.16 Å². The third-order valence-electron chi connectivity index (χ3n) is 0.941. The van der Waals surface area contributed by atoms with E-state index in [-0.39, 0.29) is 0 Å². The second-order valence-corrected chi connectivity index (χ2v) is 2.99. The number of hydrogen-bond donors (Lipinski definition) is 2. The number of carboxylic acid groups (broad SMARTS) is 2. The minimum absolute atomic E-state index is 0.633. The summed E-state index contributed by atoms with van der Waals surface area (Å²) < 4.78 is 0. The first-order valence-corrected chi connectivity index (χ1v) is 4.38. The minimum Gasteiger partial charge on any atom is -0.450 e. The molecule has 0 unspecified atom stereocenters. The molecular formula is C9H12Cl2O3. The molecule has 0 aromatic heterocycles. The summed E-state index contributed by atoms with van der Waals surface area (Å²) in [4.78, 5) is 8.56. The summed E-state index contributed by atoms with van der Waals surface area (Å²) in [7, 11) is 0. The van der Waals surface area contributed by atoms with Crippen molar-refractivity contribution in [1.82, 2.24) is 0 Å². The molecular weight excluding hydrogens is 227 g/mol. The van der Waals surface area contributed by atoms with Gasteiger partial charge in [-0.3, -0.25) is 0 Å². The van der Waals surface area contributed by atoms with Crippen LogP contribution in [0.2, 0.25) is 0 Å². The fourth-order valence-electron chi connectivity index (χ4n) is 0.475. The third-order valence-corrected chi connectivity index (χ3v) is 1.80. The molecule has 0 rings (SSSR count). The van der Waals surface area contributed by atoms with Gasteiger partial charge in [-0.2, -0.15) is 0 Å². The Balaban J connectivity index is 0. The van der Waals surface area contributed by atoms with Crippen LogP contribution in [-0.2, 0) is 0 Å². The van der Waals surface area contributed by atoms with Crippen LogP contribution in [0.1, 0.15) is 12.8 Å². The van der Waals surface area contributed by atoms with Gasteiger partial charge in [-0.25, -0.2) is 4.79 Å². The molecule has 0 amide bonds. The molecule has 80 valence electrons. The SMILES string of the molecule is C=CCC(Cl)=C(Cl)CC=C.O=C(O)O. The van der Waals surface area contributed by atoms with E-state index in [0.717, 1.165) is 0 Å². The fraction of sp³-hybridized carbons (Fsp3) is 0.222. The van der Waals surface area contributed by atoms with Crippen molar-refractivity contribution in [1.29, 1.82) is 0 Å². The third kappa shape index (κ3) is 13.6. The first-order valence-electron chi connectivity index (χ1n) is 3.62. The van der Waals surface area contributed by atoms with Crippen LogP contribution in [0.3, 0.4) is 0 Å². The monoisotopic (exact) mass is 238 g/mol. The van der Waals surface area contributed by atoms with Crippen LogP contribution in [0.15, 0.2) is 35.4 Å². The quantitative estimate of drug-likeness (QED) is 0.727. The molecule has 5 heteroatoms. The van der Waals surface area contributed by atoms with Gasteiger partial charge in [-0.05, 0) is 0 Å². The molecule has 0 saturated carbocycles. The van der Waals surface area contributed by atoms with Gasteiger partial charge in [0.1, 0.15) is 0 Å². The fourth-order valence-corrected chi connectivity index (χ4v) is 0.847. The topological polar surface area (TPSA) is 57.5 Å². The molecule has 0 atom stereocenters. The Morgan fingerprint density at radius 3 is 1.43 bits per heavy atom. The van der Waals surface area contributed by atoms with Gasteiger partial charge >= 0.3 is 6.16 Å². The van der Waals surface area contributed by atoms with Crippen LogP contribution in [0.4, 0.5) is 4.79 Å². The number of hydrogen-bond acceptors (Lipinski definition) is 1. The predicted octanol–water partition coefficient (Wildman–Crippen LogP) is 4.05. The molecule has 0 fully saturated rings. The molecule has 0 bridgehead atoms. The van der Waals surface area contributed by atoms with Crippen LogP contribution in [0.25, 0.3) is 0 Å². The van der Waals surface area contributed by atoms with Crippen molar-refractivity contribution in [3.05, 3.63) is 35.4 Å². The van der Waals surface area contributed by atoms with Crippen molar-refractivity contribution in [2.24, 2.45) is 0 Å².